The van der Waals surface area contributed by atoms with Gasteiger partial charge in [-0.3, -0.25) is 0 Å². The lowest BCUT2D eigenvalue weighted by atomic mass is 10.1. The summed E-state index contributed by atoms with van der Waals surface area (Å²) in [5.41, 5.74) is 2.37. The van der Waals surface area contributed by atoms with Crippen molar-refractivity contribution in [1.29, 1.82) is 0 Å². The normalized spacial score (nSPS) is 10.8. The largest absolute Gasteiger partial charge is 0.238 e. The van der Waals surface area contributed by atoms with Crippen LogP contribution in [0.1, 0.15) is 25.5 Å². The molecular weight excluding hydrogens is 172 g/mol. The Morgan fingerprint density at radius 2 is 1.79 bits per heavy atom. The molecule has 72 valence electrons. The Morgan fingerprint density at radius 1 is 1.07 bits per heavy atom. The molecule has 0 spiro atoms. The van der Waals surface area contributed by atoms with Crippen LogP contribution in [0, 0.1) is 0 Å². The van der Waals surface area contributed by atoms with Crippen molar-refractivity contribution in [3.8, 4) is 5.69 Å². The van der Waals surface area contributed by atoms with Crippen molar-refractivity contribution >= 4 is 0 Å². The second-order valence-corrected chi connectivity index (χ2v) is 3.66. The first-order chi connectivity index (χ1) is 6.79. The van der Waals surface area contributed by atoms with Crippen molar-refractivity contribution in [3.05, 3.63) is 48.3 Å². The molecule has 0 unspecified atom stereocenters. The molecule has 0 atom stereocenters. The van der Waals surface area contributed by atoms with Gasteiger partial charge in [0.25, 0.3) is 0 Å². The van der Waals surface area contributed by atoms with Gasteiger partial charge in [0.2, 0.25) is 0 Å². The number of rotatable bonds is 2. The average Bonchev–Trinajstić information content (AvgIpc) is 2.67. The van der Waals surface area contributed by atoms with Crippen molar-refractivity contribution in [1.82, 2.24) is 9.78 Å². The van der Waals surface area contributed by atoms with Crippen LogP contribution in [0.2, 0.25) is 0 Å². The second kappa shape index (κ2) is 3.66. The van der Waals surface area contributed by atoms with Gasteiger partial charge in [0.05, 0.1) is 5.69 Å². The average molecular weight is 186 g/mol. The maximum Gasteiger partial charge on any atom is 0.0648 e. The van der Waals surface area contributed by atoms with Crippen LogP contribution < -0.4 is 0 Å². The molecule has 0 saturated heterocycles. The molecule has 0 aliphatic rings. The zero-order valence-electron chi connectivity index (χ0n) is 8.51. The molecule has 0 radical (unpaired) electrons. The summed E-state index contributed by atoms with van der Waals surface area (Å²) >= 11 is 0. The van der Waals surface area contributed by atoms with Crippen LogP contribution in [0.5, 0.6) is 0 Å². The standard InChI is InChI=1S/C12H14N2/c1-10(2)12-8-9-13-14(12)11-6-4-3-5-7-11/h3-10H,1-2H3. The molecule has 0 aliphatic carbocycles. The van der Waals surface area contributed by atoms with Gasteiger partial charge < -0.3 is 0 Å². The van der Waals surface area contributed by atoms with Gasteiger partial charge in [0, 0.05) is 11.9 Å². The van der Waals surface area contributed by atoms with Gasteiger partial charge in [-0.2, -0.15) is 5.10 Å². The minimum atomic E-state index is 0.498. The van der Waals surface area contributed by atoms with E-state index in [4.69, 9.17) is 0 Å². The van der Waals surface area contributed by atoms with Gasteiger partial charge >= 0.3 is 0 Å². The SMILES string of the molecule is CC(C)c1ccnn1-c1ccccc1. The van der Waals surface area contributed by atoms with E-state index in [1.165, 1.54) is 5.69 Å². The van der Waals surface area contributed by atoms with Crippen LogP contribution in [0.4, 0.5) is 0 Å². The maximum atomic E-state index is 4.32. The highest BCUT2D eigenvalue weighted by Gasteiger charge is 2.07. The van der Waals surface area contributed by atoms with E-state index in [0.29, 0.717) is 5.92 Å². The molecule has 1 aromatic carbocycles. The molecule has 2 aromatic rings. The van der Waals surface area contributed by atoms with E-state index in [1.54, 1.807) is 0 Å². The Morgan fingerprint density at radius 3 is 2.43 bits per heavy atom. The molecule has 2 nitrogen and oxygen atoms in total. The number of para-hydroxylation sites is 1. The number of nitrogens with zero attached hydrogens (tertiary/aromatic N) is 2. The lowest BCUT2D eigenvalue weighted by Gasteiger charge is -2.09. The van der Waals surface area contributed by atoms with Crippen molar-refractivity contribution < 1.29 is 0 Å². The van der Waals surface area contributed by atoms with Crippen LogP contribution >= 0.6 is 0 Å². The minimum Gasteiger partial charge on any atom is -0.238 e. The highest BCUT2D eigenvalue weighted by atomic mass is 15.3. The van der Waals surface area contributed by atoms with Gasteiger partial charge in [-0.1, -0.05) is 32.0 Å². The van der Waals surface area contributed by atoms with Gasteiger partial charge in [-0.05, 0) is 24.1 Å². The number of benzene rings is 1. The lowest BCUT2D eigenvalue weighted by molar-refractivity contribution is 0.734. The Labute approximate surface area is 84.2 Å². The van der Waals surface area contributed by atoms with E-state index in [1.807, 2.05) is 29.1 Å². The molecule has 0 saturated carbocycles. The molecule has 0 N–H and O–H groups in total. The Hall–Kier alpha value is -1.57. The quantitative estimate of drug-likeness (QED) is 0.705. The third-order valence-electron chi connectivity index (χ3n) is 2.26. The van der Waals surface area contributed by atoms with Gasteiger partial charge in [-0.15, -0.1) is 0 Å². The van der Waals surface area contributed by atoms with E-state index in [0.717, 1.165) is 5.69 Å². The minimum absolute atomic E-state index is 0.498. The molecular formula is C12H14N2. The second-order valence-electron chi connectivity index (χ2n) is 3.66. The maximum absolute atomic E-state index is 4.32. The predicted molar refractivity (Wildman–Crippen MR) is 57.7 cm³/mol. The molecule has 2 rings (SSSR count). The number of aromatic nitrogens is 2. The fraction of sp³-hybridized carbons (Fsp3) is 0.250. The summed E-state index contributed by atoms with van der Waals surface area (Å²) in [6.07, 6.45) is 1.85. The van der Waals surface area contributed by atoms with Crippen LogP contribution in [-0.2, 0) is 0 Å². The first-order valence-corrected chi connectivity index (χ1v) is 4.88. The van der Waals surface area contributed by atoms with Crippen molar-refractivity contribution in [2.24, 2.45) is 0 Å². The summed E-state index contributed by atoms with van der Waals surface area (Å²) in [5, 5.41) is 4.32. The smallest absolute Gasteiger partial charge is 0.0648 e. The van der Waals surface area contributed by atoms with E-state index >= 15 is 0 Å². The molecule has 2 heteroatoms. The van der Waals surface area contributed by atoms with E-state index < -0.39 is 0 Å². The lowest BCUT2D eigenvalue weighted by Crippen LogP contribution is -2.02. The zero-order chi connectivity index (χ0) is 9.97. The zero-order valence-corrected chi connectivity index (χ0v) is 8.51. The monoisotopic (exact) mass is 186 g/mol. The summed E-state index contributed by atoms with van der Waals surface area (Å²) in [5.74, 6) is 0.498. The number of hydrogen-bond donors (Lipinski definition) is 0. The molecule has 0 amide bonds. The molecule has 0 fully saturated rings. The summed E-state index contributed by atoms with van der Waals surface area (Å²) < 4.78 is 1.99. The topological polar surface area (TPSA) is 17.8 Å². The fourth-order valence-corrected chi connectivity index (χ4v) is 1.54. The highest BCUT2D eigenvalue weighted by Crippen LogP contribution is 2.17. The summed E-state index contributed by atoms with van der Waals surface area (Å²) in [6.45, 7) is 4.35. The van der Waals surface area contributed by atoms with Crippen LogP contribution in [0.25, 0.3) is 5.69 Å². The third-order valence-corrected chi connectivity index (χ3v) is 2.26. The first kappa shape index (κ1) is 9.00. The molecule has 1 aromatic heterocycles. The summed E-state index contributed by atoms with van der Waals surface area (Å²) in [4.78, 5) is 0. The number of hydrogen-bond acceptors (Lipinski definition) is 1. The predicted octanol–water partition coefficient (Wildman–Crippen LogP) is 3.00. The van der Waals surface area contributed by atoms with Crippen LogP contribution in [0.15, 0.2) is 42.6 Å². The summed E-state index contributed by atoms with van der Waals surface area (Å²) in [7, 11) is 0. The van der Waals surface area contributed by atoms with Crippen LogP contribution in [-0.4, -0.2) is 9.78 Å². The van der Waals surface area contributed by atoms with Crippen molar-refractivity contribution in [3.63, 3.8) is 0 Å². The molecule has 0 bridgehead atoms. The molecule has 0 aliphatic heterocycles. The van der Waals surface area contributed by atoms with Gasteiger partial charge in [0.1, 0.15) is 0 Å². The van der Waals surface area contributed by atoms with E-state index in [9.17, 15) is 0 Å². The fourth-order valence-electron chi connectivity index (χ4n) is 1.54. The Balaban J connectivity index is 2.47. The van der Waals surface area contributed by atoms with Gasteiger partial charge in [0.15, 0.2) is 0 Å². The van der Waals surface area contributed by atoms with Crippen molar-refractivity contribution in [2.45, 2.75) is 19.8 Å². The third kappa shape index (κ3) is 1.55. The highest BCUT2D eigenvalue weighted by molar-refractivity contribution is 5.32. The Bertz CT molecular complexity index is 401. The molecule has 14 heavy (non-hydrogen) atoms. The first-order valence-electron chi connectivity index (χ1n) is 4.88. The van der Waals surface area contributed by atoms with Crippen molar-refractivity contribution in [2.75, 3.05) is 0 Å². The Kier molecular flexibility index (Phi) is 2.35. The van der Waals surface area contributed by atoms with Crippen LogP contribution in [0.3, 0.4) is 0 Å². The van der Waals surface area contributed by atoms with E-state index in [2.05, 4.69) is 37.1 Å². The van der Waals surface area contributed by atoms with Gasteiger partial charge in [-0.25, -0.2) is 4.68 Å². The van der Waals surface area contributed by atoms with E-state index in [-0.39, 0.29) is 0 Å². The molecule has 1 heterocycles. The summed E-state index contributed by atoms with van der Waals surface area (Å²) in [6, 6.07) is 12.3.